The highest BCUT2D eigenvalue weighted by Crippen LogP contribution is 2.64. The van der Waals surface area contributed by atoms with Crippen LogP contribution in [0.2, 0.25) is 5.28 Å². The lowest BCUT2D eigenvalue weighted by molar-refractivity contribution is -0.150. The zero-order valence-corrected chi connectivity index (χ0v) is 17.1. The second-order valence-electron chi connectivity index (χ2n) is 9.32. The molecule has 1 N–H and O–H groups in total. The molecule has 1 aromatic carbocycles. The number of rotatable bonds is 4. The van der Waals surface area contributed by atoms with Gasteiger partial charge in [0.05, 0.1) is 11.0 Å². The minimum atomic E-state index is -0.317. The predicted molar refractivity (Wildman–Crippen MR) is 110 cm³/mol. The molecule has 4 fully saturated rings. The molecule has 0 radical (unpaired) electrons. The van der Waals surface area contributed by atoms with Crippen molar-refractivity contribution in [2.45, 2.75) is 44.1 Å². The molecule has 0 spiro atoms. The third-order valence-electron chi connectivity index (χ3n) is 7.10. The zero-order valence-electron chi connectivity index (χ0n) is 16.4. The summed E-state index contributed by atoms with van der Waals surface area (Å²) < 4.78 is 1.96. The van der Waals surface area contributed by atoms with Crippen LogP contribution in [0.3, 0.4) is 0 Å². The number of carbonyl (C=O) groups excluding carboxylic acids is 1. The van der Waals surface area contributed by atoms with Crippen molar-refractivity contribution in [3.05, 3.63) is 35.9 Å². The number of anilines is 2. The standard InChI is InChI=1S/C21H26ClN5O/c1-26(2)17-5-3-16(4-6-17)24-18(28)20-8-14-7-15(9-20)11-21(10-14,12-20)27-13-23-19(22)25-27/h3-6,13-15H,7-12H2,1-2H3,(H,24,28)/t14-,15-,20?,21?/m1/s1. The van der Waals surface area contributed by atoms with E-state index in [1.807, 2.05) is 43.0 Å². The van der Waals surface area contributed by atoms with E-state index in [1.165, 1.54) is 6.42 Å². The fourth-order valence-corrected chi connectivity index (χ4v) is 6.45. The highest BCUT2D eigenvalue weighted by molar-refractivity contribution is 6.28. The molecule has 1 aromatic heterocycles. The molecule has 4 saturated carbocycles. The smallest absolute Gasteiger partial charge is 0.242 e. The molecule has 6 rings (SSSR count). The molecule has 1 amide bonds. The number of aromatic nitrogens is 3. The van der Waals surface area contributed by atoms with Gasteiger partial charge < -0.3 is 10.2 Å². The first-order valence-corrected chi connectivity index (χ1v) is 10.4. The summed E-state index contributed by atoms with van der Waals surface area (Å²) in [6.07, 6.45) is 7.93. The number of benzene rings is 1. The van der Waals surface area contributed by atoms with Crippen molar-refractivity contribution in [1.29, 1.82) is 0 Å². The first kappa shape index (κ1) is 18.0. The minimum Gasteiger partial charge on any atom is -0.378 e. The van der Waals surface area contributed by atoms with Crippen LogP contribution in [-0.2, 0) is 10.3 Å². The molecule has 28 heavy (non-hydrogen) atoms. The average Bonchev–Trinajstić information content (AvgIpc) is 3.08. The van der Waals surface area contributed by atoms with E-state index in [0.29, 0.717) is 11.8 Å². The SMILES string of the molecule is CN(C)c1ccc(NC(=O)C23C[C@H]4C[C@H](C2)CC(n2cnc(Cl)n2)(C4)C3)cc1. The van der Waals surface area contributed by atoms with E-state index in [1.54, 1.807) is 6.33 Å². The van der Waals surface area contributed by atoms with Crippen LogP contribution in [0.4, 0.5) is 11.4 Å². The molecule has 4 bridgehead atoms. The normalized spacial score (nSPS) is 33.1. The third kappa shape index (κ3) is 2.81. The van der Waals surface area contributed by atoms with Crippen molar-refractivity contribution in [1.82, 2.24) is 14.8 Å². The van der Waals surface area contributed by atoms with E-state index in [0.717, 1.165) is 43.5 Å². The Morgan fingerprint density at radius 1 is 1.18 bits per heavy atom. The van der Waals surface area contributed by atoms with Gasteiger partial charge in [0.25, 0.3) is 0 Å². The van der Waals surface area contributed by atoms with Crippen LogP contribution in [-0.4, -0.2) is 34.8 Å². The predicted octanol–water partition coefficient (Wildman–Crippen LogP) is 3.93. The lowest BCUT2D eigenvalue weighted by Crippen LogP contribution is -2.60. The lowest BCUT2D eigenvalue weighted by Gasteiger charge is -2.60. The molecular weight excluding hydrogens is 374 g/mol. The average molecular weight is 400 g/mol. The van der Waals surface area contributed by atoms with Crippen LogP contribution in [0.1, 0.15) is 38.5 Å². The van der Waals surface area contributed by atoms with E-state index < -0.39 is 0 Å². The Labute approximate surface area is 170 Å². The summed E-state index contributed by atoms with van der Waals surface area (Å²) in [6, 6.07) is 8.05. The van der Waals surface area contributed by atoms with Gasteiger partial charge in [-0.05, 0) is 86.2 Å². The van der Waals surface area contributed by atoms with Crippen molar-refractivity contribution in [3.63, 3.8) is 0 Å². The summed E-state index contributed by atoms with van der Waals surface area (Å²) in [6.45, 7) is 0. The molecule has 4 aliphatic rings. The van der Waals surface area contributed by atoms with Gasteiger partial charge in [-0.1, -0.05) is 0 Å². The van der Waals surface area contributed by atoms with Gasteiger partial charge in [0.15, 0.2) is 0 Å². The minimum absolute atomic E-state index is 0.115. The quantitative estimate of drug-likeness (QED) is 0.846. The van der Waals surface area contributed by atoms with Crippen molar-refractivity contribution in [3.8, 4) is 0 Å². The summed E-state index contributed by atoms with van der Waals surface area (Å²) in [5.41, 5.74) is 1.55. The second kappa shape index (κ2) is 6.21. The Hall–Kier alpha value is -2.08. The van der Waals surface area contributed by atoms with Crippen LogP contribution in [0.15, 0.2) is 30.6 Å². The number of nitrogens with one attached hydrogen (secondary N) is 1. The van der Waals surface area contributed by atoms with Crippen molar-refractivity contribution in [2.24, 2.45) is 17.3 Å². The molecular formula is C21H26ClN5O. The first-order valence-electron chi connectivity index (χ1n) is 10.0. The van der Waals surface area contributed by atoms with E-state index in [2.05, 4.69) is 20.3 Å². The molecule has 0 saturated heterocycles. The summed E-state index contributed by atoms with van der Waals surface area (Å²) in [5.74, 6) is 1.31. The van der Waals surface area contributed by atoms with E-state index >= 15 is 0 Å². The number of halogens is 1. The van der Waals surface area contributed by atoms with Crippen molar-refractivity contribution >= 4 is 28.9 Å². The van der Waals surface area contributed by atoms with Gasteiger partial charge in [0, 0.05) is 25.5 Å². The van der Waals surface area contributed by atoms with Gasteiger partial charge in [-0.3, -0.25) is 4.79 Å². The Kier molecular flexibility index (Phi) is 3.99. The molecule has 148 valence electrons. The van der Waals surface area contributed by atoms with Crippen molar-refractivity contribution < 1.29 is 4.79 Å². The summed E-state index contributed by atoms with van der Waals surface area (Å²) in [7, 11) is 4.03. The Morgan fingerprint density at radius 3 is 2.43 bits per heavy atom. The third-order valence-corrected chi connectivity index (χ3v) is 7.28. The highest BCUT2D eigenvalue weighted by atomic mass is 35.5. The molecule has 6 nitrogen and oxygen atoms in total. The molecule has 2 atom stereocenters. The van der Waals surface area contributed by atoms with Gasteiger partial charge >= 0.3 is 0 Å². The molecule has 4 aliphatic carbocycles. The first-order chi connectivity index (χ1) is 13.4. The molecule has 1 heterocycles. The van der Waals surface area contributed by atoms with E-state index in [9.17, 15) is 4.79 Å². The summed E-state index contributed by atoms with van der Waals surface area (Å²) >= 11 is 6.01. The fourth-order valence-electron chi connectivity index (χ4n) is 6.33. The van der Waals surface area contributed by atoms with Crippen LogP contribution in [0.5, 0.6) is 0 Å². The van der Waals surface area contributed by atoms with E-state index in [-0.39, 0.29) is 22.1 Å². The van der Waals surface area contributed by atoms with E-state index in [4.69, 9.17) is 11.6 Å². The van der Waals surface area contributed by atoms with Gasteiger partial charge in [-0.2, -0.15) is 0 Å². The summed E-state index contributed by atoms with van der Waals surface area (Å²) in [5, 5.41) is 7.93. The molecule has 0 unspecified atom stereocenters. The maximum atomic E-state index is 13.5. The van der Waals surface area contributed by atoms with Crippen LogP contribution < -0.4 is 10.2 Å². The number of amides is 1. The maximum absolute atomic E-state index is 13.5. The Balaban J connectivity index is 1.42. The number of nitrogens with zero attached hydrogens (tertiary/aromatic N) is 4. The topological polar surface area (TPSA) is 63.1 Å². The van der Waals surface area contributed by atoms with Crippen LogP contribution in [0.25, 0.3) is 0 Å². The summed E-state index contributed by atoms with van der Waals surface area (Å²) in [4.78, 5) is 19.7. The van der Waals surface area contributed by atoms with Gasteiger partial charge in [-0.25, -0.2) is 9.67 Å². The molecule has 0 aliphatic heterocycles. The van der Waals surface area contributed by atoms with Crippen LogP contribution in [0, 0.1) is 17.3 Å². The zero-order chi connectivity index (χ0) is 19.5. The molecule has 2 aromatic rings. The van der Waals surface area contributed by atoms with Crippen molar-refractivity contribution in [2.75, 3.05) is 24.3 Å². The number of hydrogen-bond donors (Lipinski definition) is 1. The van der Waals surface area contributed by atoms with Gasteiger partial charge in [-0.15, -0.1) is 5.10 Å². The lowest BCUT2D eigenvalue weighted by atomic mass is 9.46. The molecule has 7 heteroatoms. The highest BCUT2D eigenvalue weighted by Gasteiger charge is 2.61. The maximum Gasteiger partial charge on any atom is 0.242 e. The largest absolute Gasteiger partial charge is 0.378 e. The Morgan fingerprint density at radius 2 is 1.86 bits per heavy atom. The fraction of sp³-hybridized carbons (Fsp3) is 0.571. The number of carbonyl (C=O) groups is 1. The second-order valence-corrected chi connectivity index (χ2v) is 9.66. The van der Waals surface area contributed by atoms with Gasteiger partial charge in [0.1, 0.15) is 6.33 Å². The van der Waals surface area contributed by atoms with Gasteiger partial charge in [0.2, 0.25) is 11.2 Å². The monoisotopic (exact) mass is 399 g/mol. The Bertz CT molecular complexity index is 892. The number of hydrogen-bond acceptors (Lipinski definition) is 4. The van der Waals surface area contributed by atoms with Crippen LogP contribution >= 0.6 is 11.6 Å².